The molecule has 0 saturated carbocycles. The number of allylic oxidation sites excluding steroid dienone is 2. The van der Waals surface area contributed by atoms with Gasteiger partial charge in [0.05, 0.1) is 6.20 Å². The van der Waals surface area contributed by atoms with E-state index in [0.717, 1.165) is 18.4 Å². The molecular formula is C11H16N4O. The molecule has 0 saturated heterocycles. The van der Waals surface area contributed by atoms with Crippen molar-refractivity contribution in [3.63, 3.8) is 0 Å². The van der Waals surface area contributed by atoms with Crippen LogP contribution in [0, 0.1) is 5.92 Å². The first kappa shape index (κ1) is 10.7. The number of aromatic nitrogens is 2. The minimum Gasteiger partial charge on any atom is -0.384 e. The topological polar surface area (TPSA) is 72.9 Å². The number of carbonyl (C=O) groups is 1. The van der Waals surface area contributed by atoms with Crippen molar-refractivity contribution in [1.29, 1.82) is 0 Å². The van der Waals surface area contributed by atoms with E-state index in [2.05, 4.69) is 10.4 Å². The lowest BCUT2D eigenvalue weighted by atomic mass is 10.1. The van der Waals surface area contributed by atoms with Gasteiger partial charge in [0.15, 0.2) is 0 Å². The summed E-state index contributed by atoms with van der Waals surface area (Å²) < 4.78 is 1.60. The molecule has 2 rings (SSSR count). The molecule has 86 valence electrons. The molecule has 5 nitrogen and oxygen atoms in total. The van der Waals surface area contributed by atoms with Gasteiger partial charge in [-0.3, -0.25) is 9.48 Å². The zero-order valence-corrected chi connectivity index (χ0v) is 9.31. The van der Waals surface area contributed by atoms with Crippen LogP contribution in [0.2, 0.25) is 0 Å². The van der Waals surface area contributed by atoms with Crippen molar-refractivity contribution in [2.24, 2.45) is 13.0 Å². The molecule has 1 aromatic heterocycles. The number of anilines is 1. The number of carbonyl (C=O) groups excluding carboxylic acids is 1. The van der Waals surface area contributed by atoms with Gasteiger partial charge in [0, 0.05) is 25.1 Å². The maximum atomic E-state index is 11.7. The number of nitrogens with zero attached hydrogens (tertiary/aromatic N) is 2. The second-order valence-corrected chi connectivity index (χ2v) is 4.04. The van der Waals surface area contributed by atoms with E-state index >= 15 is 0 Å². The van der Waals surface area contributed by atoms with Crippen molar-refractivity contribution in [3.8, 4) is 0 Å². The summed E-state index contributed by atoms with van der Waals surface area (Å²) in [5.41, 5.74) is 6.64. The smallest absolute Gasteiger partial charge is 0.224 e. The molecule has 0 unspecified atom stereocenters. The van der Waals surface area contributed by atoms with Gasteiger partial charge < -0.3 is 11.1 Å². The number of nitrogens with two attached hydrogens (primary N) is 1. The van der Waals surface area contributed by atoms with Crippen molar-refractivity contribution in [1.82, 2.24) is 15.1 Å². The Labute approximate surface area is 94.3 Å². The van der Waals surface area contributed by atoms with Gasteiger partial charge in [0.1, 0.15) is 5.82 Å². The minimum atomic E-state index is 0.0910. The highest BCUT2D eigenvalue weighted by atomic mass is 16.1. The van der Waals surface area contributed by atoms with E-state index in [1.165, 1.54) is 0 Å². The van der Waals surface area contributed by atoms with Gasteiger partial charge in [-0.1, -0.05) is 12.2 Å². The van der Waals surface area contributed by atoms with Crippen molar-refractivity contribution in [2.45, 2.75) is 19.4 Å². The van der Waals surface area contributed by atoms with Crippen molar-refractivity contribution >= 4 is 11.7 Å². The summed E-state index contributed by atoms with van der Waals surface area (Å²) >= 11 is 0. The number of amides is 1. The number of hydrogen-bond acceptors (Lipinski definition) is 3. The highest BCUT2D eigenvalue weighted by molar-refractivity contribution is 5.79. The molecule has 0 spiro atoms. The fraction of sp³-hybridized carbons (Fsp3) is 0.455. The lowest BCUT2D eigenvalue weighted by Gasteiger charge is -2.09. The van der Waals surface area contributed by atoms with Crippen LogP contribution in [0.5, 0.6) is 0 Å². The summed E-state index contributed by atoms with van der Waals surface area (Å²) in [5.74, 6) is 0.788. The fourth-order valence-electron chi connectivity index (χ4n) is 1.79. The van der Waals surface area contributed by atoms with E-state index in [-0.39, 0.29) is 11.8 Å². The van der Waals surface area contributed by atoms with Crippen LogP contribution in [0.4, 0.5) is 5.82 Å². The molecule has 0 aliphatic heterocycles. The Kier molecular flexibility index (Phi) is 2.94. The molecule has 1 aliphatic rings. The summed E-state index contributed by atoms with van der Waals surface area (Å²) in [6.45, 7) is 0.453. The minimum absolute atomic E-state index is 0.0910. The van der Waals surface area contributed by atoms with Crippen LogP contribution in [0.15, 0.2) is 18.3 Å². The van der Waals surface area contributed by atoms with Crippen molar-refractivity contribution in [3.05, 3.63) is 23.9 Å². The first-order valence-electron chi connectivity index (χ1n) is 5.37. The number of aryl methyl sites for hydroxylation is 1. The highest BCUT2D eigenvalue weighted by Gasteiger charge is 2.19. The van der Waals surface area contributed by atoms with E-state index in [1.54, 1.807) is 17.9 Å². The molecule has 0 bridgehead atoms. The van der Waals surface area contributed by atoms with Gasteiger partial charge in [-0.15, -0.1) is 0 Å². The molecular weight excluding hydrogens is 204 g/mol. The highest BCUT2D eigenvalue weighted by Crippen LogP contribution is 2.18. The van der Waals surface area contributed by atoms with Gasteiger partial charge in [-0.2, -0.15) is 5.10 Å². The van der Waals surface area contributed by atoms with Gasteiger partial charge in [-0.25, -0.2) is 0 Å². The first-order chi connectivity index (χ1) is 7.68. The number of rotatable bonds is 3. The molecule has 3 N–H and O–H groups in total. The van der Waals surface area contributed by atoms with E-state index in [4.69, 9.17) is 5.73 Å². The lowest BCUT2D eigenvalue weighted by Crippen LogP contribution is -2.29. The van der Waals surface area contributed by atoms with E-state index < -0.39 is 0 Å². The van der Waals surface area contributed by atoms with Crippen LogP contribution in [0.3, 0.4) is 0 Å². The van der Waals surface area contributed by atoms with Crippen LogP contribution in [0.25, 0.3) is 0 Å². The Morgan fingerprint density at radius 2 is 2.31 bits per heavy atom. The molecule has 1 heterocycles. The Balaban J connectivity index is 1.87. The monoisotopic (exact) mass is 220 g/mol. The quantitative estimate of drug-likeness (QED) is 0.732. The van der Waals surface area contributed by atoms with E-state index in [9.17, 15) is 4.79 Å². The summed E-state index contributed by atoms with van der Waals surface area (Å²) in [6.07, 6.45) is 7.45. The molecule has 16 heavy (non-hydrogen) atoms. The van der Waals surface area contributed by atoms with Gasteiger partial charge in [0.25, 0.3) is 0 Å². The van der Waals surface area contributed by atoms with Crippen LogP contribution in [-0.4, -0.2) is 15.7 Å². The van der Waals surface area contributed by atoms with Gasteiger partial charge in [-0.05, 0) is 12.8 Å². The first-order valence-corrected chi connectivity index (χ1v) is 5.37. The SMILES string of the molecule is Cn1ncc(CNC(=O)C2CC=CC2)c1N. The van der Waals surface area contributed by atoms with Gasteiger partial charge in [0.2, 0.25) is 5.91 Å². The zero-order chi connectivity index (χ0) is 11.5. The number of nitrogen functional groups attached to an aromatic ring is 1. The number of hydrogen-bond donors (Lipinski definition) is 2. The molecule has 1 aliphatic carbocycles. The summed E-state index contributed by atoms with van der Waals surface area (Å²) in [5, 5.41) is 6.90. The maximum absolute atomic E-state index is 11.7. The molecule has 1 amide bonds. The normalized spacial score (nSPS) is 15.6. The van der Waals surface area contributed by atoms with Crippen LogP contribution >= 0.6 is 0 Å². The van der Waals surface area contributed by atoms with E-state index in [1.807, 2.05) is 12.2 Å². The summed E-state index contributed by atoms with van der Waals surface area (Å²) in [7, 11) is 1.78. The Bertz CT molecular complexity index is 414. The molecule has 0 radical (unpaired) electrons. The predicted octanol–water partition coefficient (Wildman–Crippen LogP) is 0.585. The predicted molar refractivity (Wildman–Crippen MR) is 61.3 cm³/mol. The van der Waals surface area contributed by atoms with Gasteiger partial charge >= 0.3 is 0 Å². The molecule has 0 aromatic carbocycles. The Hall–Kier alpha value is -1.78. The standard InChI is InChI=1S/C11H16N4O/c1-15-10(12)9(7-14-15)6-13-11(16)8-4-2-3-5-8/h2-3,7-8H,4-6,12H2,1H3,(H,13,16). The fourth-order valence-corrected chi connectivity index (χ4v) is 1.79. The van der Waals surface area contributed by atoms with Crippen LogP contribution < -0.4 is 11.1 Å². The molecule has 0 atom stereocenters. The summed E-state index contributed by atoms with van der Waals surface area (Å²) in [4.78, 5) is 11.7. The molecule has 5 heteroatoms. The zero-order valence-electron chi connectivity index (χ0n) is 9.31. The molecule has 1 aromatic rings. The lowest BCUT2D eigenvalue weighted by molar-refractivity contribution is -0.124. The molecule has 0 fully saturated rings. The third kappa shape index (κ3) is 2.08. The third-order valence-electron chi connectivity index (χ3n) is 2.90. The Morgan fingerprint density at radius 3 is 2.88 bits per heavy atom. The Morgan fingerprint density at radius 1 is 1.62 bits per heavy atom. The average molecular weight is 220 g/mol. The van der Waals surface area contributed by atoms with Crippen molar-refractivity contribution in [2.75, 3.05) is 5.73 Å². The third-order valence-corrected chi connectivity index (χ3v) is 2.90. The number of nitrogens with one attached hydrogen (secondary N) is 1. The largest absolute Gasteiger partial charge is 0.384 e. The van der Waals surface area contributed by atoms with Crippen LogP contribution in [0.1, 0.15) is 18.4 Å². The van der Waals surface area contributed by atoms with Crippen LogP contribution in [-0.2, 0) is 18.4 Å². The average Bonchev–Trinajstić information content (AvgIpc) is 2.89. The van der Waals surface area contributed by atoms with Crippen molar-refractivity contribution < 1.29 is 4.79 Å². The second-order valence-electron chi connectivity index (χ2n) is 4.04. The second kappa shape index (κ2) is 4.38. The summed E-state index contributed by atoms with van der Waals surface area (Å²) in [6, 6.07) is 0. The van der Waals surface area contributed by atoms with E-state index in [0.29, 0.717) is 12.4 Å². The maximum Gasteiger partial charge on any atom is 0.224 e.